The van der Waals surface area contributed by atoms with E-state index in [9.17, 15) is 14.4 Å². The smallest absolute Gasteiger partial charge is 0.337 e. The lowest BCUT2D eigenvalue weighted by Crippen LogP contribution is -2.70. The van der Waals surface area contributed by atoms with Crippen LogP contribution in [0.5, 0.6) is 0 Å². The van der Waals surface area contributed by atoms with Crippen molar-refractivity contribution in [2.45, 2.75) is 227 Å². The van der Waals surface area contributed by atoms with E-state index in [2.05, 4.69) is 0 Å². The van der Waals surface area contributed by atoms with Crippen LogP contribution < -0.4 is 0 Å². The summed E-state index contributed by atoms with van der Waals surface area (Å²) in [7, 11) is 8.51. The second-order valence-electron chi connectivity index (χ2n) is 32.5. The van der Waals surface area contributed by atoms with Gasteiger partial charge in [-0.15, -0.1) is 0 Å². The first-order valence-electron chi connectivity index (χ1n) is 44.2. The fourth-order valence-corrected chi connectivity index (χ4v) is 17.1. The maximum absolute atomic E-state index is 15.3. The summed E-state index contributed by atoms with van der Waals surface area (Å²) in [4.78, 5) is 57.9. The van der Waals surface area contributed by atoms with Crippen molar-refractivity contribution in [3.8, 4) is 0 Å². The summed E-state index contributed by atoms with van der Waals surface area (Å²) in [5.74, 6) is -3.49. The van der Waals surface area contributed by atoms with E-state index in [0.717, 1.165) is 44.2 Å². The molecule has 14 rings (SSSR count). The molecule has 5 heterocycles. The lowest BCUT2D eigenvalue weighted by Gasteiger charge is -2.52. The molecule has 0 bridgehead atoms. The van der Waals surface area contributed by atoms with Gasteiger partial charge in [0.2, 0.25) is 0 Å². The van der Waals surface area contributed by atoms with Crippen LogP contribution >= 0.6 is 0 Å². The maximum atomic E-state index is 15.3. The zero-order valence-electron chi connectivity index (χ0n) is 75.4. The summed E-state index contributed by atoms with van der Waals surface area (Å²) in [6, 6.07) is 80.0. The first-order chi connectivity index (χ1) is 64.6. The van der Waals surface area contributed by atoms with Crippen LogP contribution in [0.15, 0.2) is 255 Å². The molecule has 0 unspecified atom stereocenters. The fourth-order valence-electron chi connectivity index (χ4n) is 17.1. The number of fused-ring (bicyclic) bond motifs is 1. The molecule has 706 valence electrons. The number of ether oxygens (including phenoxy) is 26. The van der Waals surface area contributed by atoms with Gasteiger partial charge in [-0.05, 0) is 61.3 Å². The van der Waals surface area contributed by atoms with Gasteiger partial charge in [0.25, 0.3) is 0 Å². The Bertz CT molecular complexity index is 4920. The van der Waals surface area contributed by atoms with Crippen LogP contribution in [0, 0.1) is 0 Å². The van der Waals surface area contributed by atoms with Gasteiger partial charge in [-0.3, -0.25) is 14.4 Å². The molecule has 5 aliphatic rings. The zero-order chi connectivity index (χ0) is 92.1. The molecule has 9 aromatic carbocycles. The Hall–Kier alpha value is -9.76. The molecule has 5 saturated heterocycles. The Balaban J connectivity index is 0.858. The highest BCUT2D eigenvalue weighted by Crippen LogP contribution is 2.43. The van der Waals surface area contributed by atoms with Crippen LogP contribution in [0.3, 0.4) is 0 Å². The molecule has 0 spiro atoms. The van der Waals surface area contributed by atoms with Crippen molar-refractivity contribution in [3.05, 3.63) is 299 Å². The van der Waals surface area contributed by atoms with E-state index < -0.39 is 177 Å². The normalized spacial score (nSPS) is 29.0. The number of hydrogen-bond acceptors (Lipinski definition) is 30. The molecule has 0 N–H and O–H groups in total. The quantitative estimate of drug-likeness (QED) is 0.0253. The van der Waals surface area contributed by atoms with E-state index in [1.54, 1.807) is 0 Å². The minimum Gasteiger partial charge on any atom is -0.467 e. The maximum Gasteiger partial charge on any atom is 0.337 e. The van der Waals surface area contributed by atoms with Crippen LogP contribution in [0.25, 0.3) is 10.8 Å². The number of rotatable bonds is 45. The van der Waals surface area contributed by atoms with Gasteiger partial charge < -0.3 is 123 Å². The highest BCUT2D eigenvalue weighted by Gasteiger charge is 2.62. The highest BCUT2D eigenvalue weighted by molar-refractivity contribution is 5.83. The van der Waals surface area contributed by atoms with Gasteiger partial charge >= 0.3 is 23.9 Å². The van der Waals surface area contributed by atoms with Crippen molar-refractivity contribution >= 4 is 34.6 Å². The molecule has 0 radical (unpaired) electrons. The topological polar surface area (TPSA) is 308 Å². The SMILES string of the molecule is COC(=O)[C@@H]1O[C@@H](O[C@H]2[C@H](OCc3ccccc3)[C@@H](OCc3ccccc3)[C@@H](OC)O[C@@H]2COCc2ccccc2)[C@H](OC(C)=O)[C@@H](OC)[C@@H]1O[C@H]1O[C@H](COCc2ccccc2)[C@@H](O[C@@H]2O[C@H](COCc3ccc4ccccc4c3)[C@@H](O[C@H]3O[C@H](COCc4ccccc4)[C@@H](OC)[C@H](OC)[C@H]3OC)[C@H](OC(C)=O)[C@H]2OC(C)=O)[C@H](OCc2ccccc2)[C@H]1OCc1ccccc1. The van der Waals surface area contributed by atoms with E-state index in [1.807, 2.05) is 255 Å². The first-order valence-corrected chi connectivity index (χ1v) is 44.2. The lowest BCUT2D eigenvalue weighted by atomic mass is 9.94. The third-order valence-electron chi connectivity index (χ3n) is 23.4. The van der Waals surface area contributed by atoms with Crippen LogP contribution in [0.1, 0.15) is 65.3 Å². The number of benzene rings is 9. The Morgan fingerprint density at radius 1 is 0.242 bits per heavy atom. The number of methoxy groups -OCH3 is 6. The third kappa shape index (κ3) is 26.4. The minimum absolute atomic E-state index is 0.0116. The van der Waals surface area contributed by atoms with Gasteiger partial charge in [-0.25, -0.2) is 4.79 Å². The van der Waals surface area contributed by atoms with Gasteiger partial charge in [0.1, 0.15) is 97.7 Å². The summed E-state index contributed by atoms with van der Waals surface area (Å²) >= 11 is 0. The molecular weight excluding hydrogens is 1710 g/mol. The highest BCUT2D eigenvalue weighted by atomic mass is 16.8. The van der Waals surface area contributed by atoms with Crippen LogP contribution in [-0.4, -0.2) is 246 Å². The van der Waals surface area contributed by atoms with Gasteiger partial charge in [-0.2, -0.15) is 0 Å². The van der Waals surface area contributed by atoms with Crippen LogP contribution in [-0.2, 0) is 195 Å². The molecule has 25 atom stereocenters. The zero-order valence-corrected chi connectivity index (χ0v) is 75.4. The number of carbonyl (C=O) groups is 4. The van der Waals surface area contributed by atoms with Crippen molar-refractivity contribution in [1.29, 1.82) is 0 Å². The second-order valence-corrected chi connectivity index (χ2v) is 32.5. The van der Waals surface area contributed by atoms with Gasteiger partial charge in [0.05, 0.1) is 86.4 Å². The summed E-state index contributed by atoms with van der Waals surface area (Å²) in [6.07, 6.45) is -34.6. The average molecular weight is 1820 g/mol. The Morgan fingerprint density at radius 3 is 0.909 bits per heavy atom. The van der Waals surface area contributed by atoms with Crippen molar-refractivity contribution in [3.63, 3.8) is 0 Å². The van der Waals surface area contributed by atoms with Gasteiger partial charge in [0, 0.05) is 56.3 Å². The summed E-state index contributed by atoms with van der Waals surface area (Å²) < 4.78 is 176. The van der Waals surface area contributed by atoms with E-state index in [1.165, 1.54) is 63.4 Å². The van der Waals surface area contributed by atoms with Crippen molar-refractivity contribution < 1.29 is 142 Å². The Kier molecular flexibility index (Phi) is 37.2. The standard InChI is InChI=1S/C102H118O30/c1-64(103)121-89-84(130-99-92(110-7)85(108-5)81(107-4)77(125-99)60-113-52-67-33-17-10-18-34-67)80(63-116-55-74-49-50-75-47-31-32-48-76(75)51-74)127-101(96(89)123-66(3)105)128-83-79(62-115-54-69-37-21-12-22-38-69)126-100(94(120-59-73-45-29-16-30-46-73)88(83)118-57-71-41-25-14-26-42-71)131-90-86(109-6)95(122-65(2)104)102(132-91(90)97(106)111-8)129-82-78(61-114-53-68-35-19-11-20-36-68)124-98(112-9)93(119-58-72-43-27-15-28-44-72)87(82)117-56-70-39-23-13-24-40-70/h10-51,77-96,98-102H,52-63H2,1-9H3/t77-,78-,79-,80-,81-,82-,83-,84-,85+,86+,87+,88+,89+,90+,91-,92-,93-,94-,95-,96-,98+,99-,100-,101+,102-/m1/s1. The largest absolute Gasteiger partial charge is 0.467 e. The average Bonchev–Trinajstić information content (AvgIpc) is 0.754. The molecule has 30 nitrogen and oxygen atoms in total. The summed E-state index contributed by atoms with van der Waals surface area (Å²) in [5, 5.41) is 1.97. The number of hydrogen-bond donors (Lipinski definition) is 0. The third-order valence-corrected chi connectivity index (χ3v) is 23.4. The summed E-state index contributed by atoms with van der Waals surface area (Å²) in [6.45, 7) is 2.99. The molecule has 9 aromatic rings. The predicted molar refractivity (Wildman–Crippen MR) is 474 cm³/mol. The molecule has 5 fully saturated rings. The second kappa shape index (κ2) is 50.0. The predicted octanol–water partition coefficient (Wildman–Crippen LogP) is 12.2. The van der Waals surface area contributed by atoms with Crippen molar-refractivity contribution in [1.82, 2.24) is 0 Å². The van der Waals surface area contributed by atoms with Crippen molar-refractivity contribution in [2.75, 3.05) is 69.1 Å². The Morgan fingerprint density at radius 2 is 0.530 bits per heavy atom. The number of carbonyl (C=O) groups excluding carboxylic acids is 4. The molecule has 132 heavy (non-hydrogen) atoms. The van der Waals surface area contributed by atoms with E-state index >= 15 is 4.79 Å². The molecule has 0 aliphatic carbocycles. The van der Waals surface area contributed by atoms with E-state index in [0.29, 0.717) is 11.1 Å². The fraction of sp³-hybridized carbons (Fsp3) is 0.451. The first kappa shape index (κ1) is 98.2. The lowest BCUT2D eigenvalue weighted by molar-refractivity contribution is -0.399. The van der Waals surface area contributed by atoms with Gasteiger partial charge in [0.15, 0.2) is 55.9 Å². The van der Waals surface area contributed by atoms with Crippen molar-refractivity contribution in [2.24, 2.45) is 0 Å². The summed E-state index contributed by atoms with van der Waals surface area (Å²) in [5.41, 5.74) is 6.34. The minimum atomic E-state index is -1.86. The molecular formula is C102H118O30. The monoisotopic (exact) mass is 1820 g/mol. The number of esters is 4. The molecule has 5 aliphatic heterocycles. The van der Waals surface area contributed by atoms with E-state index in [4.69, 9.17) is 123 Å². The molecule has 30 heteroatoms. The van der Waals surface area contributed by atoms with Crippen LogP contribution in [0.2, 0.25) is 0 Å². The Labute approximate surface area is 768 Å². The van der Waals surface area contributed by atoms with E-state index in [-0.39, 0.29) is 79.3 Å². The molecule has 0 saturated carbocycles. The van der Waals surface area contributed by atoms with Crippen LogP contribution in [0.4, 0.5) is 0 Å². The van der Waals surface area contributed by atoms with Gasteiger partial charge in [-0.1, -0.05) is 249 Å². The molecule has 0 amide bonds. The molecule has 0 aromatic heterocycles.